The van der Waals surface area contributed by atoms with Crippen molar-refractivity contribution in [2.45, 2.75) is 39.8 Å². The van der Waals surface area contributed by atoms with Gasteiger partial charge in [0.15, 0.2) is 11.5 Å². The van der Waals surface area contributed by atoms with Crippen molar-refractivity contribution in [1.29, 1.82) is 0 Å². The van der Waals surface area contributed by atoms with E-state index in [2.05, 4.69) is 12.2 Å². The van der Waals surface area contributed by atoms with Crippen molar-refractivity contribution in [3.8, 4) is 11.5 Å². The molecule has 0 saturated carbocycles. The monoisotopic (exact) mass is 365 g/mol. The maximum Gasteiger partial charge on any atom is 0.163 e. The van der Waals surface area contributed by atoms with Gasteiger partial charge in [-0.25, -0.2) is 4.39 Å². The summed E-state index contributed by atoms with van der Waals surface area (Å²) in [6, 6.07) is 10.2. The van der Waals surface area contributed by atoms with Gasteiger partial charge in [-0.1, -0.05) is 43.1 Å². The molecule has 136 valence electrons. The van der Waals surface area contributed by atoms with Gasteiger partial charge in [0.1, 0.15) is 12.4 Å². The lowest BCUT2D eigenvalue weighted by Crippen LogP contribution is -2.15. The highest BCUT2D eigenvalue weighted by Crippen LogP contribution is 2.34. The minimum Gasteiger partial charge on any atom is -0.490 e. The summed E-state index contributed by atoms with van der Waals surface area (Å²) < 4.78 is 25.2. The number of halogens is 2. The lowest BCUT2D eigenvalue weighted by Gasteiger charge is -2.15. The number of hydrogen-bond acceptors (Lipinski definition) is 3. The fraction of sp³-hybridized carbons (Fsp3) is 0.400. The number of nitrogens with one attached hydrogen (secondary N) is 1. The quantitative estimate of drug-likeness (QED) is 0.576. The molecule has 0 spiro atoms. The van der Waals surface area contributed by atoms with Crippen LogP contribution in [0.2, 0.25) is 5.02 Å². The van der Waals surface area contributed by atoms with Gasteiger partial charge in [0.05, 0.1) is 6.61 Å². The summed E-state index contributed by atoms with van der Waals surface area (Å²) in [6.07, 6.45) is 2.27. The molecule has 0 atom stereocenters. The average molecular weight is 366 g/mol. The lowest BCUT2D eigenvalue weighted by atomic mass is 10.2. The largest absolute Gasteiger partial charge is 0.490 e. The van der Waals surface area contributed by atoms with E-state index in [4.69, 9.17) is 21.1 Å². The van der Waals surface area contributed by atoms with Gasteiger partial charge in [0.2, 0.25) is 0 Å². The topological polar surface area (TPSA) is 30.5 Å². The standard InChI is InChI=1S/C20H25ClFNO2/c1-3-5-10-23-13-16-11-19(24-4-2)20(12-17(16)21)25-14-15-8-6-7-9-18(15)22/h6-9,11-12,23H,3-5,10,13-14H2,1-2H3. The molecule has 0 fully saturated rings. The first-order valence-electron chi connectivity index (χ1n) is 8.67. The number of rotatable bonds is 10. The first-order valence-corrected chi connectivity index (χ1v) is 9.05. The van der Waals surface area contributed by atoms with Crippen molar-refractivity contribution in [2.75, 3.05) is 13.2 Å². The number of hydrogen-bond donors (Lipinski definition) is 1. The summed E-state index contributed by atoms with van der Waals surface area (Å²) >= 11 is 6.38. The van der Waals surface area contributed by atoms with Crippen LogP contribution in [0, 0.1) is 5.82 Å². The van der Waals surface area contributed by atoms with E-state index in [0.29, 0.717) is 35.2 Å². The molecular weight excluding hydrogens is 341 g/mol. The van der Waals surface area contributed by atoms with Gasteiger partial charge >= 0.3 is 0 Å². The first kappa shape index (κ1) is 19.5. The molecule has 2 aromatic rings. The zero-order valence-electron chi connectivity index (χ0n) is 14.8. The van der Waals surface area contributed by atoms with E-state index in [1.54, 1.807) is 24.3 Å². The third-order valence-electron chi connectivity index (χ3n) is 3.78. The van der Waals surface area contributed by atoms with Crippen LogP contribution in [0.4, 0.5) is 4.39 Å². The maximum atomic E-state index is 13.7. The van der Waals surface area contributed by atoms with E-state index in [1.165, 1.54) is 6.07 Å². The third-order valence-corrected chi connectivity index (χ3v) is 4.13. The SMILES string of the molecule is CCCCNCc1cc(OCC)c(OCc2ccccc2F)cc1Cl. The molecule has 0 radical (unpaired) electrons. The van der Waals surface area contributed by atoms with E-state index >= 15 is 0 Å². The van der Waals surface area contributed by atoms with Gasteiger partial charge < -0.3 is 14.8 Å². The van der Waals surface area contributed by atoms with E-state index in [9.17, 15) is 4.39 Å². The molecule has 0 aromatic heterocycles. The molecule has 0 heterocycles. The third kappa shape index (κ3) is 5.91. The van der Waals surface area contributed by atoms with Crippen LogP contribution in [0.5, 0.6) is 11.5 Å². The highest BCUT2D eigenvalue weighted by atomic mass is 35.5. The van der Waals surface area contributed by atoms with Crippen LogP contribution >= 0.6 is 11.6 Å². The minimum atomic E-state index is -0.289. The summed E-state index contributed by atoms with van der Waals surface area (Å²) in [6.45, 7) is 6.32. The molecule has 0 bridgehead atoms. The molecule has 0 unspecified atom stereocenters. The number of ether oxygens (including phenoxy) is 2. The molecule has 0 aliphatic heterocycles. The Morgan fingerprint density at radius 3 is 2.52 bits per heavy atom. The second-order valence-corrected chi connectivity index (χ2v) is 6.14. The minimum absolute atomic E-state index is 0.122. The van der Waals surface area contributed by atoms with E-state index in [1.807, 2.05) is 13.0 Å². The van der Waals surface area contributed by atoms with E-state index in [-0.39, 0.29) is 12.4 Å². The second kappa shape index (κ2) is 10.3. The average Bonchev–Trinajstić information content (AvgIpc) is 2.61. The maximum absolute atomic E-state index is 13.7. The van der Waals surface area contributed by atoms with Crippen molar-refractivity contribution >= 4 is 11.6 Å². The normalized spacial score (nSPS) is 10.7. The summed E-state index contributed by atoms with van der Waals surface area (Å²) in [5, 5.41) is 3.97. The van der Waals surface area contributed by atoms with Gasteiger partial charge in [-0.2, -0.15) is 0 Å². The van der Waals surface area contributed by atoms with Crippen LogP contribution < -0.4 is 14.8 Å². The Balaban J connectivity index is 2.11. The van der Waals surface area contributed by atoms with Crippen LogP contribution in [0.25, 0.3) is 0 Å². The zero-order valence-corrected chi connectivity index (χ0v) is 15.5. The molecule has 1 N–H and O–H groups in total. The van der Waals surface area contributed by atoms with Crippen molar-refractivity contribution in [2.24, 2.45) is 0 Å². The number of unbranched alkanes of at least 4 members (excludes halogenated alkanes) is 1. The second-order valence-electron chi connectivity index (χ2n) is 5.73. The first-order chi connectivity index (χ1) is 12.2. The van der Waals surface area contributed by atoms with Crippen molar-refractivity contribution < 1.29 is 13.9 Å². The predicted molar refractivity (Wildman–Crippen MR) is 100.0 cm³/mol. The van der Waals surface area contributed by atoms with Crippen molar-refractivity contribution in [3.05, 3.63) is 58.4 Å². The van der Waals surface area contributed by atoms with Gasteiger partial charge in [-0.15, -0.1) is 0 Å². The molecule has 2 rings (SSSR count). The Kier molecular flexibility index (Phi) is 8.02. The van der Waals surface area contributed by atoms with Gasteiger partial charge in [-0.05, 0) is 37.6 Å². The summed E-state index contributed by atoms with van der Waals surface area (Å²) in [7, 11) is 0. The van der Waals surface area contributed by atoms with Crippen LogP contribution in [-0.2, 0) is 13.2 Å². The molecule has 0 aliphatic carbocycles. The van der Waals surface area contributed by atoms with Gasteiger partial charge in [0.25, 0.3) is 0 Å². The fourth-order valence-electron chi connectivity index (χ4n) is 2.39. The molecule has 25 heavy (non-hydrogen) atoms. The van der Waals surface area contributed by atoms with E-state index in [0.717, 1.165) is 24.9 Å². The molecule has 3 nitrogen and oxygen atoms in total. The van der Waals surface area contributed by atoms with Gasteiger partial charge in [0, 0.05) is 23.2 Å². The lowest BCUT2D eigenvalue weighted by molar-refractivity contribution is 0.265. The molecule has 5 heteroatoms. The molecule has 0 saturated heterocycles. The van der Waals surface area contributed by atoms with Crippen LogP contribution in [-0.4, -0.2) is 13.2 Å². The zero-order chi connectivity index (χ0) is 18.1. The van der Waals surface area contributed by atoms with Gasteiger partial charge in [-0.3, -0.25) is 0 Å². The Bertz CT molecular complexity index is 679. The van der Waals surface area contributed by atoms with Crippen LogP contribution in [0.1, 0.15) is 37.8 Å². The Hall–Kier alpha value is -1.78. The Morgan fingerprint density at radius 2 is 1.80 bits per heavy atom. The Labute approximate surface area is 154 Å². The van der Waals surface area contributed by atoms with E-state index < -0.39 is 0 Å². The van der Waals surface area contributed by atoms with Crippen LogP contribution in [0.3, 0.4) is 0 Å². The summed E-state index contributed by atoms with van der Waals surface area (Å²) in [4.78, 5) is 0. The number of benzene rings is 2. The highest BCUT2D eigenvalue weighted by molar-refractivity contribution is 6.31. The smallest absolute Gasteiger partial charge is 0.163 e. The molecular formula is C20H25ClFNO2. The van der Waals surface area contributed by atoms with Crippen LogP contribution in [0.15, 0.2) is 36.4 Å². The van der Waals surface area contributed by atoms with Crippen molar-refractivity contribution in [1.82, 2.24) is 5.32 Å². The summed E-state index contributed by atoms with van der Waals surface area (Å²) in [5.41, 5.74) is 1.45. The van der Waals surface area contributed by atoms with Crippen molar-refractivity contribution in [3.63, 3.8) is 0 Å². The highest BCUT2D eigenvalue weighted by Gasteiger charge is 2.12. The predicted octanol–water partition coefficient (Wildman–Crippen LogP) is 5.35. The molecule has 0 aliphatic rings. The summed E-state index contributed by atoms with van der Waals surface area (Å²) in [5.74, 6) is 0.853. The molecule has 0 amide bonds. The Morgan fingerprint density at radius 1 is 1.04 bits per heavy atom. The molecule has 2 aromatic carbocycles. The fourth-order valence-corrected chi connectivity index (χ4v) is 2.61.